The van der Waals surface area contributed by atoms with Gasteiger partial charge in [0.1, 0.15) is 0 Å². The lowest BCUT2D eigenvalue weighted by Crippen LogP contribution is -2.14. The Morgan fingerprint density at radius 2 is 2.05 bits per heavy atom. The van der Waals surface area contributed by atoms with Crippen molar-refractivity contribution < 1.29 is 4.79 Å². The minimum Gasteiger partial charge on any atom is -0.319 e. The molecule has 0 saturated heterocycles. The van der Waals surface area contributed by atoms with E-state index in [1.807, 2.05) is 6.92 Å². The van der Waals surface area contributed by atoms with Crippen molar-refractivity contribution in [2.45, 2.75) is 27.2 Å². The van der Waals surface area contributed by atoms with E-state index in [4.69, 9.17) is 23.2 Å². The molecule has 6 heteroatoms. The number of halogens is 2. The molecular formula is C15H17Cl2N3O. The second-order valence-corrected chi connectivity index (χ2v) is 6.17. The van der Waals surface area contributed by atoms with Crippen LogP contribution in [0.15, 0.2) is 18.2 Å². The van der Waals surface area contributed by atoms with E-state index in [9.17, 15) is 4.79 Å². The van der Waals surface area contributed by atoms with Crippen LogP contribution in [0.3, 0.4) is 0 Å². The van der Waals surface area contributed by atoms with Crippen LogP contribution in [0, 0.1) is 12.8 Å². The largest absolute Gasteiger partial charge is 0.319 e. The molecule has 1 heterocycles. The number of hydrogen-bond donors (Lipinski definition) is 2. The lowest BCUT2D eigenvalue weighted by molar-refractivity contribution is 0.102. The second-order valence-electron chi connectivity index (χ2n) is 5.35. The van der Waals surface area contributed by atoms with E-state index in [0.29, 0.717) is 21.5 Å². The van der Waals surface area contributed by atoms with E-state index >= 15 is 0 Å². The summed E-state index contributed by atoms with van der Waals surface area (Å²) in [4.78, 5) is 12.3. The Morgan fingerprint density at radius 3 is 2.67 bits per heavy atom. The molecule has 2 rings (SSSR count). The topological polar surface area (TPSA) is 57.8 Å². The standard InChI is InChI=1S/C15H17Cl2N3O/c1-8(2)6-13-14(9(3)19-20-13)18-15(21)10-4-5-11(16)12(17)7-10/h4-5,7-8H,6H2,1-3H3,(H,18,21)(H,19,20). The first-order valence-corrected chi connectivity index (χ1v) is 7.44. The van der Waals surface area contributed by atoms with E-state index in [2.05, 4.69) is 29.4 Å². The number of aryl methyl sites for hydroxylation is 1. The highest BCUT2D eigenvalue weighted by atomic mass is 35.5. The molecule has 1 amide bonds. The summed E-state index contributed by atoms with van der Waals surface area (Å²) in [7, 11) is 0. The van der Waals surface area contributed by atoms with Gasteiger partial charge in [0.05, 0.1) is 27.1 Å². The van der Waals surface area contributed by atoms with Crippen molar-refractivity contribution in [1.82, 2.24) is 10.2 Å². The molecule has 2 aromatic rings. The highest BCUT2D eigenvalue weighted by Gasteiger charge is 2.16. The van der Waals surface area contributed by atoms with E-state index < -0.39 is 0 Å². The monoisotopic (exact) mass is 325 g/mol. The number of amides is 1. The van der Waals surface area contributed by atoms with E-state index in [1.54, 1.807) is 18.2 Å². The van der Waals surface area contributed by atoms with Gasteiger partial charge in [-0.15, -0.1) is 0 Å². The molecule has 0 aliphatic rings. The molecule has 0 fully saturated rings. The van der Waals surface area contributed by atoms with Crippen LogP contribution in [0.2, 0.25) is 10.0 Å². The molecule has 0 atom stereocenters. The first-order valence-electron chi connectivity index (χ1n) is 6.68. The highest BCUT2D eigenvalue weighted by Crippen LogP contribution is 2.25. The van der Waals surface area contributed by atoms with Gasteiger partial charge in [0.15, 0.2) is 0 Å². The number of nitrogens with zero attached hydrogens (tertiary/aromatic N) is 1. The van der Waals surface area contributed by atoms with Gasteiger partial charge in [0.25, 0.3) is 5.91 Å². The Hall–Kier alpha value is -1.52. The maximum Gasteiger partial charge on any atom is 0.255 e. The van der Waals surface area contributed by atoms with Crippen molar-refractivity contribution in [2.75, 3.05) is 5.32 Å². The van der Waals surface area contributed by atoms with Gasteiger partial charge in [-0.3, -0.25) is 9.89 Å². The van der Waals surface area contributed by atoms with Gasteiger partial charge in [-0.25, -0.2) is 0 Å². The fourth-order valence-electron chi connectivity index (χ4n) is 2.00. The molecule has 0 saturated carbocycles. The number of H-pyrrole nitrogens is 1. The number of hydrogen-bond acceptors (Lipinski definition) is 2. The number of carbonyl (C=O) groups is 1. The van der Waals surface area contributed by atoms with E-state index in [-0.39, 0.29) is 5.91 Å². The summed E-state index contributed by atoms with van der Waals surface area (Å²) in [6.45, 7) is 6.09. The van der Waals surface area contributed by atoms with Crippen LogP contribution < -0.4 is 5.32 Å². The molecule has 0 radical (unpaired) electrons. The van der Waals surface area contributed by atoms with Gasteiger partial charge in [0.2, 0.25) is 0 Å². The average molecular weight is 326 g/mol. The number of anilines is 1. The fourth-order valence-corrected chi connectivity index (χ4v) is 2.30. The Kier molecular flexibility index (Phi) is 4.91. The zero-order valence-corrected chi connectivity index (χ0v) is 13.6. The molecule has 2 N–H and O–H groups in total. The van der Waals surface area contributed by atoms with Crippen molar-refractivity contribution in [3.8, 4) is 0 Å². The number of aromatic amines is 1. The smallest absolute Gasteiger partial charge is 0.255 e. The maximum atomic E-state index is 12.3. The lowest BCUT2D eigenvalue weighted by atomic mass is 10.1. The van der Waals surface area contributed by atoms with Crippen molar-refractivity contribution in [2.24, 2.45) is 5.92 Å². The van der Waals surface area contributed by atoms with E-state index in [0.717, 1.165) is 23.5 Å². The maximum absolute atomic E-state index is 12.3. The zero-order chi connectivity index (χ0) is 15.6. The first kappa shape index (κ1) is 15.9. The van der Waals surface area contributed by atoms with Crippen molar-refractivity contribution >= 4 is 34.8 Å². The van der Waals surface area contributed by atoms with Crippen LogP contribution in [0.1, 0.15) is 35.6 Å². The van der Waals surface area contributed by atoms with E-state index in [1.165, 1.54) is 0 Å². The molecule has 4 nitrogen and oxygen atoms in total. The number of benzene rings is 1. The Balaban J connectivity index is 2.23. The van der Waals surface area contributed by atoms with Crippen LogP contribution in [-0.2, 0) is 6.42 Å². The molecule has 0 aliphatic carbocycles. The third kappa shape index (κ3) is 3.77. The van der Waals surface area contributed by atoms with Crippen LogP contribution in [0.5, 0.6) is 0 Å². The van der Waals surface area contributed by atoms with Crippen LogP contribution in [-0.4, -0.2) is 16.1 Å². The summed E-state index contributed by atoms with van der Waals surface area (Å²) in [5, 5.41) is 10.8. The third-order valence-electron chi connectivity index (χ3n) is 3.04. The van der Waals surface area contributed by atoms with Gasteiger partial charge in [-0.05, 0) is 37.5 Å². The minimum atomic E-state index is -0.233. The quantitative estimate of drug-likeness (QED) is 0.870. The molecule has 0 spiro atoms. The van der Waals surface area contributed by atoms with Crippen molar-refractivity contribution in [3.05, 3.63) is 45.2 Å². The molecule has 0 bridgehead atoms. The predicted molar refractivity (Wildman–Crippen MR) is 86.3 cm³/mol. The Bertz CT molecular complexity index is 665. The molecule has 1 aromatic heterocycles. The van der Waals surface area contributed by atoms with Crippen molar-refractivity contribution in [1.29, 1.82) is 0 Å². The van der Waals surface area contributed by atoms with Gasteiger partial charge >= 0.3 is 0 Å². The molecular weight excluding hydrogens is 309 g/mol. The molecule has 0 aliphatic heterocycles. The molecule has 21 heavy (non-hydrogen) atoms. The van der Waals surface area contributed by atoms with Crippen LogP contribution in [0.25, 0.3) is 0 Å². The summed E-state index contributed by atoms with van der Waals surface area (Å²) < 4.78 is 0. The molecule has 112 valence electrons. The van der Waals surface area contributed by atoms with Crippen LogP contribution in [0.4, 0.5) is 5.69 Å². The molecule has 0 unspecified atom stereocenters. The number of rotatable bonds is 4. The number of aromatic nitrogens is 2. The second kappa shape index (κ2) is 6.50. The normalized spacial score (nSPS) is 11.0. The van der Waals surface area contributed by atoms with Crippen LogP contribution >= 0.6 is 23.2 Å². The summed E-state index contributed by atoms with van der Waals surface area (Å²) >= 11 is 11.8. The number of carbonyl (C=O) groups excluding carboxylic acids is 1. The summed E-state index contributed by atoms with van der Waals surface area (Å²) in [5.41, 5.74) is 2.88. The predicted octanol–water partition coefficient (Wildman–Crippen LogP) is 4.48. The highest BCUT2D eigenvalue weighted by molar-refractivity contribution is 6.42. The lowest BCUT2D eigenvalue weighted by Gasteiger charge is -2.09. The number of nitrogens with one attached hydrogen (secondary N) is 2. The molecule has 1 aromatic carbocycles. The summed E-state index contributed by atoms with van der Waals surface area (Å²) in [6.07, 6.45) is 0.793. The van der Waals surface area contributed by atoms with Gasteiger partial charge in [0, 0.05) is 5.56 Å². The Labute approximate surface area is 133 Å². The van der Waals surface area contributed by atoms with Gasteiger partial charge in [-0.2, -0.15) is 5.10 Å². The van der Waals surface area contributed by atoms with Crippen molar-refractivity contribution in [3.63, 3.8) is 0 Å². The zero-order valence-electron chi connectivity index (χ0n) is 12.1. The van der Waals surface area contributed by atoms with Gasteiger partial charge in [-0.1, -0.05) is 37.0 Å². The minimum absolute atomic E-state index is 0.233. The SMILES string of the molecule is Cc1[nH]nc(CC(C)C)c1NC(=O)c1ccc(Cl)c(Cl)c1. The fraction of sp³-hybridized carbons (Fsp3) is 0.333. The summed E-state index contributed by atoms with van der Waals surface area (Å²) in [5.74, 6) is 0.219. The Morgan fingerprint density at radius 1 is 1.33 bits per heavy atom. The third-order valence-corrected chi connectivity index (χ3v) is 3.78. The average Bonchev–Trinajstić information content (AvgIpc) is 2.74. The van der Waals surface area contributed by atoms with Gasteiger partial charge < -0.3 is 5.32 Å². The first-order chi connectivity index (χ1) is 9.88. The summed E-state index contributed by atoms with van der Waals surface area (Å²) in [6, 6.07) is 4.80.